The van der Waals surface area contributed by atoms with Crippen LogP contribution in [0.1, 0.15) is 82.4 Å². The molecule has 5 heterocycles. The maximum atomic E-state index is 12.1. The molecule has 6 rings (SSSR count). The molecule has 6 aromatic rings. The monoisotopic (exact) mass is 997 g/mol. The number of aryl methyl sites for hydroxylation is 2. The SMILES string of the molecule is C.CC(C)S(=O)(=O)c1ccnc2ccccc12.CC(C)S(=O)(=O)c1ccncc1.CC(C)S(=O)(=O)c1cn[nH]c1.CC(C)S(=O)(=O)c1cnn(C)c1.Cc1cc(S(=O)(=O)C(C)C)ccn1. The molecular weight excluding hydrogens is 935 g/mol. The van der Waals surface area contributed by atoms with Crippen molar-refractivity contribution in [2.45, 2.75) is 134 Å². The normalized spacial score (nSPS) is 12.0. The number of benzene rings is 1. The smallest absolute Gasteiger partial charge is 0.183 e. The van der Waals surface area contributed by atoms with Crippen molar-refractivity contribution < 1.29 is 42.1 Å². The topological polar surface area (TPSA) is 256 Å². The first-order valence-corrected chi connectivity index (χ1v) is 27.6. The van der Waals surface area contributed by atoms with Gasteiger partial charge >= 0.3 is 0 Å². The fraction of sp³-hybridized carbons (Fsp3) is 0.419. The summed E-state index contributed by atoms with van der Waals surface area (Å²) in [6, 6.07) is 15.0. The van der Waals surface area contributed by atoms with E-state index >= 15 is 0 Å². The molecule has 0 bridgehead atoms. The summed E-state index contributed by atoms with van der Waals surface area (Å²) in [6.07, 6.45) is 11.6. The minimum atomic E-state index is -3.24. The van der Waals surface area contributed by atoms with Crippen molar-refractivity contribution in [1.29, 1.82) is 0 Å². The molecule has 0 spiro atoms. The minimum absolute atomic E-state index is 0. The Morgan fingerprint density at radius 3 is 1.45 bits per heavy atom. The van der Waals surface area contributed by atoms with Crippen molar-refractivity contribution in [3.05, 3.63) is 110 Å². The zero-order chi connectivity index (χ0) is 48.8. The van der Waals surface area contributed by atoms with Crippen molar-refractivity contribution >= 4 is 60.1 Å². The molecule has 1 aromatic carbocycles. The fourth-order valence-electron chi connectivity index (χ4n) is 4.83. The van der Waals surface area contributed by atoms with Crippen LogP contribution >= 0.6 is 0 Å². The number of nitrogens with zero attached hydrogens (tertiary/aromatic N) is 6. The third kappa shape index (κ3) is 15.9. The lowest BCUT2D eigenvalue weighted by molar-refractivity contribution is 0.585. The van der Waals surface area contributed by atoms with Gasteiger partial charge in [0.2, 0.25) is 0 Å². The zero-order valence-electron chi connectivity index (χ0n) is 38.0. The van der Waals surface area contributed by atoms with E-state index in [1.807, 2.05) is 18.2 Å². The van der Waals surface area contributed by atoms with Crippen molar-refractivity contribution in [3.8, 4) is 0 Å². The second-order valence-electron chi connectivity index (χ2n) is 15.4. The lowest BCUT2D eigenvalue weighted by Gasteiger charge is -2.09. The van der Waals surface area contributed by atoms with Gasteiger partial charge in [0.1, 0.15) is 9.79 Å². The van der Waals surface area contributed by atoms with Gasteiger partial charge in [-0.1, -0.05) is 25.6 Å². The number of hydrogen-bond donors (Lipinski definition) is 1. The molecule has 1 N–H and O–H groups in total. The fourth-order valence-corrected chi connectivity index (χ4v) is 10.2. The highest BCUT2D eigenvalue weighted by Crippen LogP contribution is 2.24. The predicted octanol–water partition coefficient (Wildman–Crippen LogP) is 7.08. The highest BCUT2D eigenvalue weighted by molar-refractivity contribution is 7.93. The molecule has 360 valence electrons. The number of aromatic amines is 1. The molecule has 17 nitrogen and oxygen atoms in total. The van der Waals surface area contributed by atoms with Gasteiger partial charge in [0, 0.05) is 55.3 Å². The first kappa shape index (κ1) is 58.1. The third-order valence-corrected chi connectivity index (χ3v) is 19.8. The average Bonchev–Trinajstić information content (AvgIpc) is 3.95. The van der Waals surface area contributed by atoms with Gasteiger partial charge in [-0.05, 0) is 113 Å². The van der Waals surface area contributed by atoms with Crippen LogP contribution in [0.5, 0.6) is 0 Å². The van der Waals surface area contributed by atoms with Crippen molar-refractivity contribution in [1.82, 2.24) is 34.9 Å². The van der Waals surface area contributed by atoms with Crippen LogP contribution in [0.3, 0.4) is 0 Å². The first-order chi connectivity index (χ1) is 29.5. The van der Waals surface area contributed by atoms with E-state index in [2.05, 4.69) is 30.2 Å². The molecule has 0 atom stereocenters. The Labute approximate surface area is 386 Å². The highest BCUT2D eigenvalue weighted by Gasteiger charge is 2.23. The molecule has 22 heteroatoms. The van der Waals surface area contributed by atoms with Crippen LogP contribution in [0.15, 0.2) is 129 Å². The number of sulfone groups is 5. The van der Waals surface area contributed by atoms with E-state index in [4.69, 9.17) is 0 Å². The maximum Gasteiger partial charge on any atom is 0.183 e. The average molecular weight is 998 g/mol. The summed E-state index contributed by atoms with van der Waals surface area (Å²) < 4.78 is 118. The lowest BCUT2D eigenvalue weighted by Crippen LogP contribution is -2.14. The van der Waals surface area contributed by atoms with Gasteiger partial charge in [-0.25, -0.2) is 42.1 Å². The number of H-pyrrole nitrogens is 1. The Morgan fingerprint density at radius 2 is 0.985 bits per heavy atom. The maximum absolute atomic E-state index is 12.1. The Balaban J connectivity index is 0.000000407. The minimum Gasteiger partial charge on any atom is -0.284 e. The Kier molecular flexibility index (Phi) is 22.0. The summed E-state index contributed by atoms with van der Waals surface area (Å²) in [7, 11) is -14.1. The molecule has 0 unspecified atom stereocenters. The Hall–Kier alpha value is -4.90. The molecule has 0 aliphatic rings. The number of aromatic nitrogens is 7. The quantitative estimate of drug-likeness (QED) is 0.144. The van der Waals surface area contributed by atoms with Gasteiger partial charge in [-0.2, -0.15) is 10.2 Å². The van der Waals surface area contributed by atoms with Gasteiger partial charge in [0.15, 0.2) is 49.2 Å². The van der Waals surface area contributed by atoms with Gasteiger partial charge in [-0.15, -0.1) is 0 Å². The van der Waals surface area contributed by atoms with Crippen LogP contribution in [-0.4, -0.2) is 103 Å². The van der Waals surface area contributed by atoms with Crippen LogP contribution in [-0.2, 0) is 56.2 Å². The number of nitrogens with one attached hydrogen (secondary N) is 1. The van der Waals surface area contributed by atoms with Gasteiger partial charge in [0.05, 0.1) is 58.8 Å². The first-order valence-electron chi connectivity index (χ1n) is 19.9. The molecule has 0 saturated heterocycles. The summed E-state index contributed by atoms with van der Waals surface area (Å²) in [5, 5.41) is 8.57. The number of hydrogen-bond acceptors (Lipinski definition) is 15. The molecule has 0 aliphatic carbocycles. The molecule has 0 saturated carbocycles. The Bertz CT molecular complexity index is 2970. The molecular formula is C43H63N7O10S5. The van der Waals surface area contributed by atoms with Crippen LogP contribution in [0.25, 0.3) is 10.9 Å². The van der Waals surface area contributed by atoms with Crippen molar-refractivity contribution in [3.63, 3.8) is 0 Å². The largest absolute Gasteiger partial charge is 0.284 e. The second kappa shape index (κ2) is 24.6. The molecule has 0 aliphatic heterocycles. The van der Waals surface area contributed by atoms with Gasteiger partial charge in [0.25, 0.3) is 0 Å². The number of rotatable bonds is 10. The number of pyridine rings is 3. The van der Waals surface area contributed by atoms with Crippen molar-refractivity contribution in [2.24, 2.45) is 7.05 Å². The van der Waals surface area contributed by atoms with E-state index < -0.39 is 54.4 Å². The van der Waals surface area contributed by atoms with Gasteiger partial charge in [-0.3, -0.25) is 24.7 Å². The van der Waals surface area contributed by atoms with Crippen LogP contribution in [0.4, 0.5) is 0 Å². The number of para-hydroxylation sites is 1. The van der Waals surface area contributed by atoms with Crippen LogP contribution in [0.2, 0.25) is 0 Å². The molecule has 0 radical (unpaired) electrons. The third-order valence-electron chi connectivity index (χ3n) is 9.00. The van der Waals surface area contributed by atoms with E-state index in [1.54, 1.807) is 101 Å². The van der Waals surface area contributed by atoms with Gasteiger partial charge < -0.3 is 0 Å². The molecule has 0 amide bonds. The second-order valence-corrected chi connectivity index (χ2v) is 27.9. The van der Waals surface area contributed by atoms with Crippen molar-refractivity contribution in [2.75, 3.05) is 0 Å². The number of fused-ring (bicyclic) bond motifs is 1. The van der Waals surface area contributed by atoms with E-state index in [0.29, 0.717) is 30.5 Å². The zero-order valence-corrected chi connectivity index (χ0v) is 42.1. The molecule has 65 heavy (non-hydrogen) atoms. The van der Waals surface area contributed by atoms with Crippen LogP contribution in [0, 0.1) is 6.92 Å². The summed E-state index contributed by atoms with van der Waals surface area (Å²) >= 11 is 0. The summed E-state index contributed by atoms with van der Waals surface area (Å²) in [5.41, 5.74) is 1.44. The van der Waals surface area contributed by atoms with E-state index in [9.17, 15) is 42.1 Å². The molecule has 5 aromatic heterocycles. The van der Waals surface area contributed by atoms with E-state index in [-0.39, 0.29) is 33.3 Å². The summed E-state index contributed by atoms with van der Waals surface area (Å²) in [6.45, 7) is 18.4. The van der Waals surface area contributed by atoms with E-state index in [0.717, 1.165) is 5.69 Å². The molecule has 0 fully saturated rings. The highest BCUT2D eigenvalue weighted by atomic mass is 32.2. The van der Waals surface area contributed by atoms with E-state index in [1.165, 1.54) is 72.5 Å². The predicted molar refractivity (Wildman–Crippen MR) is 255 cm³/mol. The Morgan fingerprint density at radius 1 is 0.523 bits per heavy atom. The lowest BCUT2D eigenvalue weighted by atomic mass is 10.2. The standard InChI is InChI=1S/C12H13NO2S.C9H13NO2S.C8H11NO2S.C7H12N2O2S.C6H10N2O2S.CH4/c1-9(2)16(14,15)12-7-8-13-11-6-4-3-5-10(11)12;1-7(2)13(11,12)9-4-5-10-8(3)6-9;1-7(2)12(10,11)8-3-5-9-6-4-8;1-6(2)12(10,11)7-4-8-9(3)5-7;1-5(2)11(9,10)6-3-7-8-4-6;/h3-9H,1-2H3;4-7H,1-3H3;3-7H,1-2H3;4-6H,1-3H3;3-5H,1-2H3,(H,7,8);1H4. The van der Waals surface area contributed by atoms with Crippen LogP contribution < -0.4 is 0 Å². The summed E-state index contributed by atoms with van der Waals surface area (Å²) in [4.78, 5) is 13.5. The summed E-state index contributed by atoms with van der Waals surface area (Å²) in [5.74, 6) is 0.